The van der Waals surface area contributed by atoms with E-state index in [1.807, 2.05) is 13.8 Å². The van der Waals surface area contributed by atoms with Crippen molar-refractivity contribution in [1.82, 2.24) is 10.2 Å². The number of thiol groups is 1. The number of amides is 2. The van der Waals surface area contributed by atoms with Gasteiger partial charge in [-0.05, 0) is 5.92 Å². The lowest BCUT2D eigenvalue weighted by atomic mass is 10.1. The first kappa shape index (κ1) is 13.3. The molecule has 82 valence electrons. The van der Waals surface area contributed by atoms with Crippen LogP contribution in [0.4, 0.5) is 0 Å². The number of hydrogen-bond acceptors (Lipinski definition) is 3. The summed E-state index contributed by atoms with van der Waals surface area (Å²) in [5.74, 6) is -0.130. The van der Waals surface area contributed by atoms with E-state index >= 15 is 0 Å². The first-order valence-electron chi connectivity index (χ1n) is 4.53. The van der Waals surface area contributed by atoms with E-state index in [0.29, 0.717) is 0 Å². The number of likely N-dealkylation sites (N-methyl/N-ethyl adjacent to an activating group) is 2. The Hall–Kier alpha value is -0.710. The minimum Gasteiger partial charge on any atom is -0.358 e. The number of carbonyl (C=O) groups is 2. The van der Waals surface area contributed by atoms with Crippen molar-refractivity contribution >= 4 is 24.4 Å². The minimum atomic E-state index is -0.343. The molecule has 0 aliphatic rings. The van der Waals surface area contributed by atoms with Crippen molar-refractivity contribution in [3.63, 3.8) is 0 Å². The maximum atomic E-state index is 11.6. The van der Waals surface area contributed by atoms with Crippen molar-refractivity contribution in [1.29, 1.82) is 0 Å². The molecule has 0 aromatic rings. The van der Waals surface area contributed by atoms with Crippen molar-refractivity contribution < 1.29 is 9.59 Å². The summed E-state index contributed by atoms with van der Waals surface area (Å²) in [6, 6.07) is 0. The normalized spacial score (nSPS) is 12.4. The highest BCUT2D eigenvalue weighted by atomic mass is 32.1. The summed E-state index contributed by atoms with van der Waals surface area (Å²) < 4.78 is 0. The molecule has 0 aromatic heterocycles. The third-order valence-corrected chi connectivity index (χ3v) is 2.74. The van der Waals surface area contributed by atoms with Crippen LogP contribution in [-0.4, -0.2) is 42.6 Å². The van der Waals surface area contributed by atoms with Crippen molar-refractivity contribution in [3.8, 4) is 0 Å². The largest absolute Gasteiger partial charge is 0.358 e. The first-order valence-corrected chi connectivity index (χ1v) is 5.05. The molecule has 0 bridgehead atoms. The van der Waals surface area contributed by atoms with Crippen molar-refractivity contribution in [2.45, 2.75) is 19.1 Å². The molecule has 0 aliphatic carbocycles. The van der Waals surface area contributed by atoms with Crippen LogP contribution in [-0.2, 0) is 9.59 Å². The third-order valence-electron chi connectivity index (χ3n) is 1.92. The van der Waals surface area contributed by atoms with Crippen LogP contribution in [0, 0.1) is 5.92 Å². The molecular formula is C9H18N2O2S. The van der Waals surface area contributed by atoms with Crippen LogP contribution in [0.15, 0.2) is 0 Å². The third kappa shape index (κ3) is 4.00. The van der Waals surface area contributed by atoms with Crippen LogP contribution in [0.1, 0.15) is 13.8 Å². The smallest absolute Gasteiger partial charge is 0.239 e. The molecule has 1 N–H and O–H groups in total. The molecule has 2 amide bonds. The zero-order valence-corrected chi connectivity index (χ0v) is 9.97. The molecule has 4 nitrogen and oxygen atoms in total. The van der Waals surface area contributed by atoms with Crippen LogP contribution < -0.4 is 5.32 Å². The SMILES string of the molecule is CNC(=O)CN(C)C(=O)C(S)C(C)C. The predicted octanol–water partition coefficient (Wildman–Crippen LogP) is 0.145. The van der Waals surface area contributed by atoms with Gasteiger partial charge in [-0.3, -0.25) is 9.59 Å². The fourth-order valence-electron chi connectivity index (χ4n) is 0.883. The quantitative estimate of drug-likeness (QED) is 0.660. The van der Waals surface area contributed by atoms with Crippen molar-refractivity contribution in [2.75, 3.05) is 20.6 Å². The van der Waals surface area contributed by atoms with Crippen LogP contribution >= 0.6 is 12.6 Å². The first-order chi connectivity index (χ1) is 6.40. The average molecular weight is 218 g/mol. The topological polar surface area (TPSA) is 49.4 Å². The van der Waals surface area contributed by atoms with Gasteiger partial charge in [0.15, 0.2) is 0 Å². The highest BCUT2D eigenvalue weighted by Gasteiger charge is 2.22. The summed E-state index contributed by atoms with van der Waals surface area (Å²) in [5, 5.41) is 2.12. The van der Waals surface area contributed by atoms with E-state index < -0.39 is 0 Å². The highest BCUT2D eigenvalue weighted by Crippen LogP contribution is 2.11. The molecule has 1 unspecified atom stereocenters. The van der Waals surface area contributed by atoms with Gasteiger partial charge in [0.2, 0.25) is 11.8 Å². The standard InChI is InChI=1S/C9H18N2O2S/c1-6(2)8(14)9(13)11(4)5-7(12)10-3/h6,8,14H,5H2,1-4H3,(H,10,12). The molecule has 0 spiro atoms. The molecule has 0 aliphatic heterocycles. The van der Waals surface area contributed by atoms with Gasteiger partial charge in [-0.15, -0.1) is 0 Å². The maximum absolute atomic E-state index is 11.6. The van der Waals surface area contributed by atoms with Gasteiger partial charge in [-0.25, -0.2) is 0 Å². The molecule has 0 aromatic carbocycles. The molecule has 0 saturated carbocycles. The van der Waals surface area contributed by atoms with Crippen molar-refractivity contribution in [3.05, 3.63) is 0 Å². The van der Waals surface area contributed by atoms with Gasteiger partial charge in [0.1, 0.15) is 0 Å². The Morgan fingerprint density at radius 1 is 1.43 bits per heavy atom. The fourth-order valence-corrected chi connectivity index (χ4v) is 1.08. The minimum absolute atomic E-state index is 0.0825. The monoisotopic (exact) mass is 218 g/mol. The fraction of sp³-hybridized carbons (Fsp3) is 0.778. The Balaban J connectivity index is 4.18. The molecule has 1 atom stereocenters. The van der Waals surface area contributed by atoms with E-state index in [2.05, 4.69) is 17.9 Å². The summed E-state index contributed by atoms with van der Waals surface area (Å²) in [6.07, 6.45) is 0. The molecule has 0 radical (unpaired) electrons. The summed E-state index contributed by atoms with van der Waals surface area (Å²) in [5.41, 5.74) is 0. The Labute approximate surface area is 90.4 Å². The summed E-state index contributed by atoms with van der Waals surface area (Å²) >= 11 is 4.19. The second-order valence-electron chi connectivity index (χ2n) is 3.56. The lowest BCUT2D eigenvalue weighted by Gasteiger charge is -2.22. The summed E-state index contributed by atoms with van der Waals surface area (Å²) in [7, 11) is 3.14. The number of nitrogens with zero attached hydrogens (tertiary/aromatic N) is 1. The molecule has 0 rings (SSSR count). The molecule has 14 heavy (non-hydrogen) atoms. The van der Waals surface area contributed by atoms with Gasteiger partial charge in [0.25, 0.3) is 0 Å². The summed E-state index contributed by atoms with van der Waals surface area (Å²) in [4.78, 5) is 24.0. The lowest BCUT2D eigenvalue weighted by Crippen LogP contribution is -2.41. The van der Waals surface area contributed by atoms with E-state index in [9.17, 15) is 9.59 Å². The number of rotatable bonds is 4. The van der Waals surface area contributed by atoms with Crippen LogP contribution in [0.25, 0.3) is 0 Å². The van der Waals surface area contributed by atoms with Gasteiger partial charge >= 0.3 is 0 Å². The van der Waals surface area contributed by atoms with Gasteiger partial charge in [-0.1, -0.05) is 13.8 Å². The molecule has 0 saturated heterocycles. The molecule has 5 heteroatoms. The van der Waals surface area contributed by atoms with Crippen LogP contribution in [0.3, 0.4) is 0 Å². The Kier molecular flexibility index (Phi) is 5.60. The number of hydrogen-bond donors (Lipinski definition) is 2. The van der Waals surface area contributed by atoms with Crippen molar-refractivity contribution in [2.24, 2.45) is 5.92 Å². The van der Waals surface area contributed by atoms with Gasteiger partial charge in [0, 0.05) is 14.1 Å². The molecular weight excluding hydrogens is 200 g/mol. The van der Waals surface area contributed by atoms with E-state index in [1.165, 1.54) is 4.90 Å². The Morgan fingerprint density at radius 2 is 1.93 bits per heavy atom. The second-order valence-corrected chi connectivity index (χ2v) is 4.11. The van der Waals surface area contributed by atoms with Gasteiger partial charge in [-0.2, -0.15) is 12.6 Å². The van der Waals surface area contributed by atoms with E-state index in [4.69, 9.17) is 0 Å². The van der Waals surface area contributed by atoms with E-state index in [0.717, 1.165) is 0 Å². The zero-order chi connectivity index (χ0) is 11.3. The second kappa shape index (κ2) is 5.90. The van der Waals surface area contributed by atoms with E-state index in [1.54, 1.807) is 14.1 Å². The number of carbonyl (C=O) groups excluding carboxylic acids is 2. The average Bonchev–Trinajstić information content (AvgIpc) is 2.14. The Morgan fingerprint density at radius 3 is 2.29 bits per heavy atom. The lowest BCUT2D eigenvalue weighted by molar-refractivity contribution is -0.134. The highest BCUT2D eigenvalue weighted by molar-refractivity contribution is 7.81. The summed E-state index contributed by atoms with van der Waals surface area (Å²) in [6.45, 7) is 3.92. The van der Waals surface area contributed by atoms with E-state index in [-0.39, 0.29) is 29.5 Å². The molecule has 0 heterocycles. The van der Waals surface area contributed by atoms with Gasteiger partial charge < -0.3 is 10.2 Å². The van der Waals surface area contributed by atoms with Gasteiger partial charge in [0.05, 0.1) is 11.8 Å². The van der Waals surface area contributed by atoms with Crippen LogP contribution in [0.5, 0.6) is 0 Å². The zero-order valence-electron chi connectivity index (χ0n) is 9.07. The predicted molar refractivity (Wildman–Crippen MR) is 59.3 cm³/mol. The molecule has 0 fully saturated rings. The van der Waals surface area contributed by atoms with Crippen LogP contribution in [0.2, 0.25) is 0 Å². The maximum Gasteiger partial charge on any atom is 0.239 e. The Bertz CT molecular complexity index is 219. The number of nitrogens with one attached hydrogen (secondary N) is 1.